The van der Waals surface area contributed by atoms with Crippen LogP contribution in [-0.4, -0.2) is 26.3 Å². The van der Waals surface area contributed by atoms with E-state index in [1.54, 1.807) is 36.4 Å². The molecule has 4 rings (SSSR count). The Morgan fingerprint density at radius 3 is 2.81 bits per heavy atom. The lowest BCUT2D eigenvalue weighted by atomic mass is 10.2. The smallest absolute Gasteiger partial charge is 0.351 e. The van der Waals surface area contributed by atoms with Gasteiger partial charge in [0.05, 0.1) is 24.7 Å². The first kappa shape index (κ1) is 17.1. The SMILES string of the molecule is COOCc1ccc2c(c1)nc(N)c1nn(Cc3ccccc3F)c(=O)n12. The van der Waals surface area contributed by atoms with E-state index in [0.29, 0.717) is 16.6 Å². The van der Waals surface area contributed by atoms with Gasteiger partial charge in [-0.15, -0.1) is 5.10 Å². The molecule has 0 aliphatic carbocycles. The predicted octanol–water partition coefficient (Wildman–Crippen LogP) is 1.89. The van der Waals surface area contributed by atoms with E-state index in [-0.39, 0.29) is 24.6 Å². The van der Waals surface area contributed by atoms with Gasteiger partial charge in [0, 0.05) is 5.56 Å². The van der Waals surface area contributed by atoms with Crippen molar-refractivity contribution in [2.45, 2.75) is 13.2 Å². The summed E-state index contributed by atoms with van der Waals surface area (Å²) in [7, 11) is 1.42. The van der Waals surface area contributed by atoms with Crippen LogP contribution in [0.1, 0.15) is 11.1 Å². The molecule has 2 aromatic heterocycles. The number of nitrogens with two attached hydrogens (primary N) is 1. The van der Waals surface area contributed by atoms with E-state index in [2.05, 4.69) is 15.0 Å². The number of nitrogen functional groups attached to an aromatic ring is 1. The average molecular weight is 369 g/mol. The highest BCUT2D eigenvalue weighted by molar-refractivity contribution is 5.82. The summed E-state index contributed by atoms with van der Waals surface area (Å²) in [5, 5.41) is 4.24. The van der Waals surface area contributed by atoms with Crippen molar-refractivity contribution in [3.05, 3.63) is 69.9 Å². The van der Waals surface area contributed by atoms with Gasteiger partial charge in [-0.25, -0.2) is 33.0 Å². The molecule has 138 valence electrons. The first-order valence-corrected chi connectivity index (χ1v) is 8.15. The molecular weight excluding hydrogens is 353 g/mol. The van der Waals surface area contributed by atoms with Crippen LogP contribution >= 0.6 is 0 Å². The predicted molar refractivity (Wildman–Crippen MR) is 96.5 cm³/mol. The molecule has 0 atom stereocenters. The summed E-state index contributed by atoms with van der Waals surface area (Å²) >= 11 is 0. The quantitative estimate of drug-likeness (QED) is 0.426. The number of fused-ring (bicyclic) bond motifs is 3. The Morgan fingerprint density at radius 2 is 2.04 bits per heavy atom. The molecule has 0 aliphatic rings. The van der Waals surface area contributed by atoms with Gasteiger partial charge in [-0.2, -0.15) is 0 Å². The summed E-state index contributed by atoms with van der Waals surface area (Å²) in [4.78, 5) is 26.7. The molecule has 0 spiro atoms. The van der Waals surface area contributed by atoms with E-state index in [9.17, 15) is 9.18 Å². The van der Waals surface area contributed by atoms with Gasteiger partial charge in [-0.05, 0) is 23.8 Å². The standard InChI is InChI=1S/C18H16FN5O3/c1-26-27-10-11-6-7-15-14(8-11)21-16(20)17-22-23(18(25)24(15)17)9-12-4-2-3-5-13(12)19/h2-8H,9-10H2,1H3,(H2,20,21). The summed E-state index contributed by atoms with van der Waals surface area (Å²) in [5.74, 6) is -0.295. The number of nitrogens with zero attached hydrogens (tertiary/aromatic N) is 4. The van der Waals surface area contributed by atoms with Crippen LogP contribution in [0.25, 0.3) is 16.7 Å². The molecule has 0 saturated heterocycles. The van der Waals surface area contributed by atoms with Gasteiger partial charge < -0.3 is 5.73 Å². The lowest BCUT2D eigenvalue weighted by Gasteiger charge is -2.05. The number of rotatable bonds is 5. The fourth-order valence-corrected chi connectivity index (χ4v) is 2.93. The van der Waals surface area contributed by atoms with E-state index in [0.717, 1.165) is 5.56 Å². The molecule has 8 nitrogen and oxygen atoms in total. The number of anilines is 1. The van der Waals surface area contributed by atoms with E-state index < -0.39 is 11.5 Å². The maximum atomic E-state index is 13.9. The maximum absolute atomic E-state index is 13.9. The fraction of sp³-hybridized carbons (Fsp3) is 0.167. The highest BCUT2D eigenvalue weighted by atomic mass is 19.1. The number of hydrogen-bond donors (Lipinski definition) is 1. The third kappa shape index (κ3) is 3.03. The third-order valence-corrected chi connectivity index (χ3v) is 4.21. The first-order valence-electron chi connectivity index (χ1n) is 8.15. The second-order valence-corrected chi connectivity index (χ2v) is 5.94. The summed E-state index contributed by atoms with van der Waals surface area (Å²) in [6.45, 7) is 0.224. The van der Waals surface area contributed by atoms with Gasteiger partial charge in [0.1, 0.15) is 12.4 Å². The van der Waals surface area contributed by atoms with Crippen molar-refractivity contribution < 1.29 is 14.2 Å². The summed E-state index contributed by atoms with van der Waals surface area (Å²) in [5.41, 5.74) is 8.04. The van der Waals surface area contributed by atoms with Crippen LogP contribution in [0.4, 0.5) is 10.2 Å². The van der Waals surface area contributed by atoms with Gasteiger partial charge in [0.15, 0.2) is 5.82 Å². The van der Waals surface area contributed by atoms with Gasteiger partial charge in [-0.3, -0.25) is 0 Å². The minimum Gasteiger partial charge on any atom is -0.381 e. The van der Waals surface area contributed by atoms with Crippen LogP contribution in [0.5, 0.6) is 0 Å². The zero-order chi connectivity index (χ0) is 19.0. The molecule has 4 aromatic rings. The zero-order valence-corrected chi connectivity index (χ0v) is 14.4. The highest BCUT2D eigenvalue weighted by Crippen LogP contribution is 2.19. The van der Waals surface area contributed by atoms with E-state index in [1.165, 1.54) is 22.3 Å². The molecular formula is C18H16FN5O3. The molecule has 2 N–H and O–H groups in total. The largest absolute Gasteiger partial charge is 0.381 e. The molecule has 27 heavy (non-hydrogen) atoms. The van der Waals surface area contributed by atoms with Gasteiger partial charge in [0.2, 0.25) is 5.65 Å². The number of aromatic nitrogens is 4. The van der Waals surface area contributed by atoms with Crippen molar-refractivity contribution in [1.29, 1.82) is 0 Å². The van der Waals surface area contributed by atoms with Crippen molar-refractivity contribution in [3.63, 3.8) is 0 Å². The monoisotopic (exact) mass is 369 g/mol. The summed E-state index contributed by atoms with van der Waals surface area (Å²) in [6.07, 6.45) is 0. The van der Waals surface area contributed by atoms with Gasteiger partial charge in [-0.1, -0.05) is 24.3 Å². The van der Waals surface area contributed by atoms with Crippen LogP contribution in [-0.2, 0) is 22.9 Å². The minimum absolute atomic E-state index is 0.00607. The van der Waals surface area contributed by atoms with Crippen LogP contribution in [0.2, 0.25) is 0 Å². The zero-order valence-electron chi connectivity index (χ0n) is 14.4. The van der Waals surface area contributed by atoms with Crippen LogP contribution in [0.3, 0.4) is 0 Å². The molecule has 0 aliphatic heterocycles. The van der Waals surface area contributed by atoms with Crippen molar-refractivity contribution in [2.75, 3.05) is 12.8 Å². The fourth-order valence-electron chi connectivity index (χ4n) is 2.93. The number of benzene rings is 2. The lowest BCUT2D eigenvalue weighted by Crippen LogP contribution is -2.22. The number of halogens is 1. The Kier molecular flexibility index (Phi) is 4.30. The maximum Gasteiger partial charge on any atom is 0.351 e. The average Bonchev–Trinajstić information content (AvgIpc) is 2.99. The van der Waals surface area contributed by atoms with Crippen molar-refractivity contribution in [1.82, 2.24) is 19.2 Å². The topological polar surface area (TPSA) is 96.7 Å². The van der Waals surface area contributed by atoms with Crippen molar-refractivity contribution in [2.24, 2.45) is 0 Å². The molecule has 0 bridgehead atoms. The Hall–Kier alpha value is -3.30. The molecule has 2 aromatic carbocycles. The minimum atomic E-state index is -0.423. The third-order valence-electron chi connectivity index (χ3n) is 4.21. The molecule has 0 amide bonds. The molecule has 0 fully saturated rings. The Morgan fingerprint density at radius 1 is 1.22 bits per heavy atom. The van der Waals surface area contributed by atoms with E-state index >= 15 is 0 Å². The van der Waals surface area contributed by atoms with E-state index in [4.69, 9.17) is 10.6 Å². The molecule has 0 saturated carbocycles. The van der Waals surface area contributed by atoms with Gasteiger partial charge in [0.25, 0.3) is 0 Å². The van der Waals surface area contributed by atoms with Gasteiger partial charge >= 0.3 is 5.69 Å². The van der Waals surface area contributed by atoms with Crippen LogP contribution < -0.4 is 11.4 Å². The van der Waals surface area contributed by atoms with Crippen molar-refractivity contribution >= 4 is 22.5 Å². The van der Waals surface area contributed by atoms with E-state index in [1.807, 2.05) is 0 Å². The lowest BCUT2D eigenvalue weighted by molar-refractivity contribution is -0.282. The molecule has 0 unspecified atom stereocenters. The molecule has 9 heteroatoms. The van der Waals surface area contributed by atoms with Crippen molar-refractivity contribution in [3.8, 4) is 0 Å². The molecule has 2 heterocycles. The first-order chi connectivity index (χ1) is 13.1. The normalized spacial score (nSPS) is 11.5. The second-order valence-electron chi connectivity index (χ2n) is 5.94. The summed E-state index contributed by atoms with van der Waals surface area (Å²) < 4.78 is 16.5. The Balaban J connectivity index is 1.86. The van der Waals surface area contributed by atoms with Crippen LogP contribution in [0.15, 0.2) is 47.3 Å². The second kappa shape index (κ2) is 6.78. The Bertz CT molecular complexity index is 1200. The molecule has 0 radical (unpaired) electrons. The highest BCUT2D eigenvalue weighted by Gasteiger charge is 2.16. The summed E-state index contributed by atoms with van der Waals surface area (Å²) in [6, 6.07) is 11.5. The van der Waals surface area contributed by atoms with Crippen LogP contribution in [0, 0.1) is 5.82 Å². The Labute approximate surface area is 152 Å². The number of hydrogen-bond acceptors (Lipinski definition) is 6.